The molecule has 0 fully saturated rings. The molecular formula is C18H10N2O6. The molecule has 0 aliphatic rings. The zero-order valence-corrected chi connectivity index (χ0v) is 13.1. The van der Waals surface area contributed by atoms with Crippen LogP contribution in [0.5, 0.6) is 0 Å². The molecule has 1 N–H and O–H groups in total. The molecule has 0 bridgehead atoms. The molecule has 8 nitrogen and oxygen atoms in total. The minimum atomic E-state index is -1.30. The van der Waals surface area contributed by atoms with Crippen molar-refractivity contribution in [3.63, 3.8) is 0 Å². The Morgan fingerprint density at radius 3 is 2.27 bits per heavy atom. The van der Waals surface area contributed by atoms with Crippen molar-refractivity contribution < 1.29 is 29.1 Å². The second-order valence-electron chi connectivity index (χ2n) is 5.33. The number of carbonyl (C=O) groups excluding carboxylic acids is 4. The SMILES string of the molecule is O=Cc1cc2ccc(-c3cnc(C=O)n3C=O)c(C(=O)O)c2cc1C=O. The van der Waals surface area contributed by atoms with Crippen LogP contribution in [0, 0.1) is 0 Å². The van der Waals surface area contributed by atoms with Crippen molar-refractivity contribution in [2.24, 2.45) is 0 Å². The summed E-state index contributed by atoms with van der Waals surface area (Å²) in [7, 11) is 0. The zero-order valence-electron chi connectivity index (χ0n) is 13.1. The van der Waals surface area contributed by atoms with Gasteiger partial charge in [-0.2, -0.15) is 0 Å². The molecule has 8 heteroatoms. The fraction of sp³-hybridized carbons (Fsp3) is 0. The van der Waals surface area contributed by atoms with E-state index in [4.69, 9.17) is 0 Å². The lowest BCUT2D eigenvalue weighted by Crippen LogP contribution is -2.07. The Bertz CT molecular complexity index is 1100. The monoisotopic (exact) mass is 350 g/mol. The lowest BCUT2D eigenvalue weighted by molar-refractivity contribution is 0.0699. The van der Waals surface area contributed by atoms with E-state index in [0.29, 0.717) is 30.7 Å². The van der Waals surface area contributed by atoms with Gasteiger partial charge in [0, 0.05) is 16.7 Å². The summed E-state index contributed by atoms with van der Waals surface area (Å²) in [6.45, 7) is 0. The highest BCUT2D eigenvalue weighted by Crippen LogP contribution is 2.32. The van der Waals surface area contributed by atoms with Crippen LogP contribution < -0.4 is 0 Å². The Morgan fingerprint density at radius 1 is 1.00 bits per heavy atom. The van der Waals surface area contributed by atoms with E-state index < -0.39 is 5.97 Å². The van der Waals surface area contributed by atoms with E-state index in [1.54, 1.807) is 6.07 Å². The van der Waals surface area contributed by atoms with Crippen molar-refractivity contribution in [1.82, 2.24) is 9.55 Å². The molecule has 0 saturated carbocycles. The summed E-state index contributed by atoms with van der Waals surface area (Å²) in [6, 6.07) is 5.73. The molecule has 1 heterocycles. The number of fused-ring (bicyclic) bond motifs is 1. The average molecular weight is 350 g/mol. The van der Waals surface area contributed by atoms with Crippen LogP contribution in [0.3, 0.4) is 0 Å². The number of imidazole rings is 1. The van der Waals surface area contributed by atoms with Crippen LogP contribution in [0.25, 0.3) is 22.0 Å². The summed E-state index contributed by atoms with van der Waals surface area (Å²) in [5.74, 6) is -1.47. The first-order valence-corrected chi connectivity index (χ1v) is 7.28. The third kappa shape index (κ3) is 2.49. The first kappa shape index (κ1) is 16.9. The van der Waals surface area contributed by atoms with Gasteiger partial charge in [-0.25, -0.2) is 9.78 Å². The molecule has 128 valence electrons. The first-order valence-electron chi connectivity index (χ1n) is 7.28. The Balaban J connectivity index is 2.43. The van der Waals surface area contributed by atoms with E-state index in [2.05, 4.69) is 4.98 Å². The zero-order chi connectivity index (χ0) is 18.8. The van der Waals surface area contributed by atoms with E-state index in [-0.39, 0.29) is 39.2 Å². The maximum atomic E-state index is 11.9. The molecule has 0 aliphatic carbocycles. The molecule has 0 saturated heterocycles. The largest absolute Gasteiger partial charge is 0.478 e. The van der Waals surface area contributed by atoms with E-state index in [0.717, 1.165) is 4.57 Å². The van der Waals surface area contributed by atoms with Crippen LogP contribution in [-0.2, 0) is 4.79 Å². The number of nitrogens with zero attached hydrogens (tertiary/aromatic N) is 2. The van der Waals surface area contributed by atoms with Crippen LogP contribution in [0.2, 0.25) is 0 Å². The molecule has 3 aromatic rings. The van der Waals surface area contributed by atoms with Gasteiger partial charge >= 0.3 is 5.97 Å². The van der Waals surface area contributed by atoms with Gasteiger partial charge in [0.1, 0.15) is 0 Å². The second kappa shape index (κ2) is 6.52. The maximum absolute atomic E-state index is 11.9. The summed E-state index contributed by atoms with van der Waals surface area (Å²) < 4.78 is 0.932. The highest BCUT2D eigenvalue weighted by atomic mass is 16.4. The number of carbonyl (C=O) groups is 5. The number of carboxylic acids is 1. The van der Waals surface area contributed by atoms with Crippen molar-refractivity contribution in [3.8, 4) is 11.3 Å². The van der Waals surface area contributed by atoms with Crippen LogP contribution in [-0.4, -0.2) is 45.9 Å². The van der Waals surface area contributed by atoms with Crippen molar-refractivity contribution in [3.05, 3.63) is 53.0 Å². The van der Waals surface area contributed by atoms with Crippen LogP contribution in [0.15, 0.2) is 30.5 Å². The van der Waals surface area contributed by atoms with Gasteiger partial charge in [0.2, 0.25) is 6.41 Å². The smallest absolute Gasteiger partial charge is 0.337 e. The van der Waals surface area contributed by atoms with Gasteiger partial charge in [-0.3, -0.25) is 23.7 Å². The summed E-state index contributed by atoms with van der Waals surface area (Å²) in [5.41, 5.74) is 0.271. The molecule has 0 radical (unpaired) electrons. The summed E-state index contributed by atoms with van der Waals surface area (Å²) in [4.78, 5) is 60.3. The number of rotatable bonds is 6. The fourth-order valence-electron chi connectivity index (χ4n) is 2.83. The topological polar surface area (TPSA) is 123 Å². The Hall–Kier alpha value is -3.94. The molecule has 0 spiro atoms. The number of aromatic nitrogens is 2. The third-order valence-electron chi connectivity index (χ3n) is 4.00. The van der Waals surface area contributed by atoms with Crippen LogP contribution >= 0.6 is 0 Å². The minimum Gasteiger partial charge on any atom is -0.478 e. The van der Waals surface area contributed by atoms with Gasteiger partial charge in [0.25, 0.3) is 0 Å². The molecule has 26 heavy (non-hydrogen) atoms. The maximum Gasteiger partial charge on any atom is 0.337 e. The molecular weight excluding hydrogens is 340 g/mol. The molecule has 1 aromatic heterocycles. The number of hydrogen-bond acceptors (Lipinski definition) is 6. The standard InChI is InChI=1S/C18H10N2O6/c21-6-11-3-10-1-2-13(15-5-19-16(8-23)20(15)9-24)17(18(25)26)14(10)4-12(11)7-22/h1-9H,(H,25,26). The summed E-state index contributed by atoms with van der Waals surface area (Å²) in [5, 5.41) is 10.4. The Labute approximate surface area is 145 Å². The van der Waals surface area contributed by atoms with Crippen molar-refractivity contribution in [2.45, 2.75) is 0 Å². The van der Waals surface area contributed by atoms with Crippen molar-refractivity contribution in [1.29, 1.82) is 0 Å². The van der Waals surface area contributed by atoms with Crippen LogP contribution in [0.4, 0.5) is 0 Å². The molecule has 0 aliphatic heterocycles. The predicted molar refractivity (Wildman–Crippen MR) is 90.4 cm³/mol. The Kier molecular flexibility index (Phi) is 4.24. The minimum absolute atomic E-state index is 0.0459. The molecule has 0 amide bonds. The predicted octanol–water partition coefficient (Wildman–Crippen LogP) is 1.88. The van der Waals surface area contributed by atoms with Gasteiger partial charge < -0.3 is 5.11 Å². The number of aldehydes is 3. The van der Waals surface area contributed by atoms with E-state index in [1.807, 2.05) is 0 Å². The van der Waals surface area contributed by atoms with Gasteiger partial charge in [-0.15, -0.1) is 0 Å². The van der Waals surface area contributed by atoms with Crippen molar-refractivity contribution in [2.75, 3.05) is 0 Å². The average Bonchev–Trinajstić information content (AvgIpc) is 3.08. The second-order valence-corrected chi connectivity index (χ2v) is 5.33. The lowest BCUT2D eigenvalue weighted by atomic mass is 9.94. The van der Waals surface area contributed by atoms with E-state index in [1.165, 1.54) is 24.4 Å². The van der Waals surface area contributed by atoms with Gasteiger partial charge in [-0.05, 0) is 22.9 Å². The highest BCUT2D eigenvalue weighted by Gasteiger charge is 2.21. The highest BCUT2D eigenvalue weighted by molar-refractivity contribution is 6.12. The van der Waals surface area contributed by atoms with Gasteiger partial charge in [-0.1, -0.05) is 12.1 Å². The fourth-order valence-corrected chi connectivity index (χ4v) is 2.83. The van der Waals surface area contributed by atoms with Gasteiger partial charge in [0.15, 0.2) is 24.7 Å². The molecule has 0 atom stereocenters. The summed E-state index contributed by atoms with van der Waals surface area (Å²) in [6.07, 6.45) is 2.91. The number of benzene rings is 2. The molecule has 2 aromatic carbocycles. The molecule has 3 rings (SSSR count). The van der Waals surface area contributed by atoms with Crippen LogP contribution in [0.1, 0.15) is 41.7 Å². The van der Waals surface area contributed by atoms with E-state index >= 15 is 0 Å². The quantitative estimate of drug-likeness (QED) is 0.673. The number of carboxylic acid groups (broad SMARTS) is 1. The molecule has 0 unspecified atom stereocenters. The number of aromatic carboxylic acids is 1. The normalized spacial score (nSPS) is 10.5. The van der Waals surface area contributed by atoms with Crippen molar-refractivity contribution >= 4 is 42.0 Å². The lowest BCUT2D eigenvalue weighted by Gasteiger charge is -2.11. The van der Waals surface area contributed by atoms with E-state index in [9.17, 15) is 29.1 Å². The third-order valence-corrected chi connectivity index (χ3v) is 4.00. The Morgan fingerprint density at radius 2 is 1.69 bits per heavy atom. The summed E-state index contributed by atoms with van der Waals surface area (Å²) >= 11 is 0. The number of hydrogen-bond donors (Lipinski definition) is 1. The first-order chi connectivity index (χ1) is 12.5. The van der Waals surface area contributed by atoms with Gasteiger partial charge in [0.05, 0.1) is 17.5 Å².